The van der Waals surface area contributed by atoms with Crippen LogP contribution in [-0.2, 0) is 0 Å². The van der Waals surface area contributed by atoms with Gasteiger partial charge < -0.3 is 5.11 Å². The highest BCUT2D eigenvalue weighted by molar-refractivity contribution is 5.47. The van der Waals surface area contributed by atoms with E-state index in [9.17, 15) is 0 Å². The molecule has 1 aliphatic rings. The zero-order valence-corrected chi connectivity index (χ0v) is 13.0. The third-order valence-electron chi connectivity index (χ3n) is 3.69. The molecule has 0 radical (unpaired) electrons. The molecule has 108 valence electrons. The molecule has 0 aromatic heterocycles. The molecule has 0 heterocycles. The normalized spacial score (nSPS) is 20.6. The first-order valence-corrected chi connectivity index (χ1v) is 7.58. The van der Waals surface area contributed by atoms with E-state index in [4.69, 9.17) is 5.11 Å². The van der Waals surface area contributed by atoms with Crippen LogP contribution >= 0.6 is 0 Å². The summed E-state index contributed by atoms with van der Waals surface area (Å²) in [5, 5.41) is 8.82. The molecule has 1 N–H and O–H groups in total. The van der Waals surface area contributed by atoms with E-state index in [0.29, 0.717) is 5.75 Å². The average molecular weight is 262 g/mol. The summed E-state index contributed by atoms with van der Waals surface area (Å²) >= 11 is 0. The lowest BCUT2D eigenvalue weighted by Crippen LogP contribution is -2.00. The van der Waals surface area contributed by atoms with Crippen molar-refractivity contribution < 1.29 is 5.11 Å². The third-order valence-corrected chi connectivity index (χ3v) is 3.69. The van der Waals surface area contributed by atoms with Crippen LogP contribution in [0.5, 0.6) is 5.75 Å². The molecule has 1 aromatic carbocycles. The van der Waals surface area contributed by atoms with Gasteiger partial charge in [-0.25, -0.2) is 0 Å². The fourth-order valence-electron chi connectivity index (χ4n) is 2.44. The topological polar surface area (TPSA) is 20.2 Å². The molecular formula is C18H30O. The van der Waals surface area contributed by atoms with E-state index in [-0.39, 0.29) is 0 Å². The summed E-state index contributed by atoms with van der Waals surface area (Å²) in [7, 11) is 0. The summed E-state index contributed by atoms with van der Waals surface area (Å²) < 4.78 is 0. The van der Waals surface area contributed by atoms with Crippen LogP contribution in [0.2, 0.25) is 0 Å². The molecule has 1 nitrogen and oxygen atoms in total. The molecule has 0 amide bonds. The molecule has 1 aliphatic carbocycles. The summed E-state index contributed by atoms with van der Waals surface area (Å²) in [4.78, 5) is 0. The molecular weight excluding hydrogens is 232 g/mol. The molecule has 2 rings (SSSR count). The van der Waals surface area contributed by atoms with Crippen LogP contribution in [0.1, 0.15) is 58.9 Å². The predicted octanol–water partition coefficient (Wildman–Crippen LogP) is 5.89. The van der Waals surface area contributed by atoms with Gasteiger partial charge in [0.05, 0.1) is 0 Å². The summed E-state index contributed by atoms with van der Waals surface area (Å²) in [6, 6.07) is 6.89. The van der Waals surface area contributed by atoms with Crippen LogP contribution in [0.4, 0.5) is 0 Å². The number of aromatic hydroxyl groups is 1. The van der Waals surface area contributed by atoms with Crippen molar-refractivity contribution in [2.24, 2.45) is 11.8 Å². The maximum atomic E-state index is 8.82. The summed E-state index contributed by atoms with van der Waals surface area (Å²) in [6.07, 6.45) is 7.61. The van der Waals surface area contributed by atoms with Crippen LogP contribution in [0.15, 0.2) is 30.8 Å². The lowest BCUT2D eigenvalue weighted by atomic mass is 9.96. The highest BCUT2D eigenvalue weighted by atomic mass is 16.3. The van der Waals surface area contributed by atoms with Gasteiger partial charge >= 0.3 is 0 Å². The quantitative estimate of drug-likeness (QED) is 0.704. The minimum absolute atomic E-state index is 0.292. The summed E-state index contributed by atoms with van der Waals surface area (Å²) in [5.74, 6) is 2.38. The van der Waals surface area contributed by atoms with E-state index in [1.165, 1.54) is 25.7 Å². The second-order valence-corrected chi connectivity index (χ2v) is 4.87. The van der Waals surface area contributed by atoms with E-state index in [0.717, 1.165) is 17.4 Å². The molecule has 0 spiro atoms. The zero-order valence-electron chi connectivity index (χ0n) is 13.0. The number of phenols is 1. The van der Waals surface area contributed by atoms with Crippen molar-refractivity contribution in [3.8, 4) is 5.75 Å². The monoisotopic (exact) mass is 262 g/mol. The van der Waals surface area contributed by atoms with Gasteiger partial charge in [-0.15, -0.1) is 0 Å². The molecule has 1 fully saturated rings. The van der Waals surface area contributed by atoms with E-state index in [2.05, 4.69) is 20.4 Å². The first-order chi connectivity index (χ1) is 9.17. The minimum atomic E-state index is 0.292. The van der Waals surface area contributed by atoms with Crippen molar-refractivity contribution in [2.75, 3.05) is 0 Å². The van der Waals surface area contributed by atoms with Gasteiger partial charge in [-0.1, -0.05) is 78.2 Å². The highest BCUT2D eigenvalue weighted by Gasteiger charge is 2.20. The maximum absolute atomic E-state index is 8.82. The number of hydrogen-bond acceptors (Lipinski definition) is 1. The van der Waals surface area contributed by atoms with Crippen LogP contribution in [0.3, 0.4) is 0 Å². The Hall–Kier alpha value is -1.24. The first kappa shape index (κ1) is 17.8. The molecule has 1 heteroatoms. The largest absolute Gasteiger partial charge is 0.508 e. The Morgan fingerprint density at radius 3 is 2.11 bits per heavy atom. The second kappa shape index (κ2) is 10.7. The van der Waals surface area contributed by atoms with Crippen LogP contribution in [0.25, 0.3) is 6.08 Å². The molecule has 2 atom stereocenters. The molecule has 0 bridgehead atoms. The van der Waals surface area contributed by atoms with Gasteiger partial charge in [0.15, 0.2) is 0 Å². The average Bonchev–Trinajstić information content (AvgIpc) is 2.88. The fraction of sp³-hybridized carbons (Fsp3) is 0.556. The standard InChI is InChI=1S/C8H8O.C8H16.C2H6/c1-2-7-3-5-8(9)6-4-7;1-3-8-6-4-5-7(8)2;1-2/h2-6,9H,1H2;7-8H,3-6H2,1-2H3;1-2H3. The zero-order chi connectivity index (χ0) is 14.7. The van der Waals surface area contributed by atoms with Crippen molar-refractivity contribution in [1.29, 1.82) is 0 Å². The first-order valence-electron chi connectivity index (χ1n) is 7.58. The number of benzene rings is 1. The SMILES string of the molecule is C=Cc1ccc(O)cc1.CC.CCC1CCCC1C. The Kier molecular flexibility index (Phi) is 9.97. The number of rotatable bonds is 2. The lowest BCUT2D eigenvalue weighted by molar-refractivity contribution is 0.407. The van der Waals surface area contributed by atoms with E-state index < -0.39 is 0 Å². The van der Waals surface area contributed by atoms with Gasteiger partial charge in [-0.2, -0.15) is 0 Å². The van der Waals surface area contributed by atoms with Gasteiger partial charge in [0.1, 0.15) is 5.75 Å². The van der Waals surface area contributed by atoms with Crippen molar-refractivity contribution >= 4 is 6.08 Å². The van der Waals surface area contributed by atoms with Crippen LogP contribution < -0.4 is 0 Å². The molecule has 1 aromatic rings. The Labute approximate surface area is 119 Å². The highest BCUT2D eigenvalue weighted by Crippen LogP contribution is 2.32. The Bertz CT molecular complexity index is 326. The Morgan fingerprint density at radius 2 is 1.79 bits per heavy atom. The van der Waals surface area contributed by atoms with Crippen molar-refractivity contribution in [3.05, 3.63) is 36.4 Å². The lowest BCUT2D eigenvalue weighted by Gasteiger charge is -2.10. The summed E-state index contributed by atoms with van der Waals surface area (Å²) in [6.45, 7) is 12.3. The minimum Gasteiger partial charge on any atom is -0.508 e. The van der Waals surface area contributed by atoms with Crippen molar-refractivity contribution in [2.45, 2.75) is 53.4 Å². The molecule has 19 heavy (non-hydrogen) atoms. The molecule has 0 aliphatic heterocycles. The van der Waals surface area contributed by atoms with Gasteiger partial charge in [-0.05, 0) is 29.5 Å². The van der Waals surface area contributed by atoms with Crippen molar-refractivity contribution in [1.82, 2.24) is 0 Å². The van der Waals surface area contributed by atoms with Gasteiger partial charge in [0.25, 0.3) is 0 Å². The van der Waals surface area contributed by atoms with Gasteiger partial charge in [0, 0.05) is 0 Å². The fourth-order valence-corrected chi connectivity index (χ4v) is 2.44. The maximum Gasteiger partial charge on any atom is 0.115 e. The smallest absolute Gasteiger partial charge is 0.115 e. The Balaban J connectivity index is 0.000000303. The van der Waals surface area contributed by atoms with Gasteiger partial charge in [-0.3, -0.25) is 0 Å². The molecule has 0 saturated heterocycles. The van der Waals surface area contributed by atoms with Crippen LogP contribution in [-0.4, -0.2) is 5.11 Å². The molecule has 2 unspecified atom stereocenters. The molecule has 1 saturated carbocycles. The number of phenolic OH excluding ortho intramolecular Hbond substituents is 1. The van der Waals surface area contributed by atoms with Gasteiger partial charge in [0.2, 0.25) is 0 Å². The third kappa shape index (κ3) is 7.05. The number of hydrogen-bond donors (Lipinski definition) is 1. The summed E-state index contributed by atoms with van der Waals surface area (Å²) in [5.41, 5.74) is 1.02. The Morgan fingerprint density at radius 1 is 1.21 bits per heavy atom. The van der Waals surface area contributed by atoms with Crippen molar-refractivity contribution in [3.63, 3.8) is 0 Å². The second-order valence-electron chi connectivity index (χ2n) is 4.87. The van der Waals surface area contributed by atoms with Crippen LogP contribution in [0, 0.1) is 11.8 Å². The van der Waals surface area contributed by atoms with E-state index >= 15 is 0 Å². The van der Waals surface area contributed by atoms with E-state index in [1.807, 2.05) is 26.0 Å². The predicted molar refractivity (Wildman–Crippen MR) is 86.3 cm³/mol. The van der Waals surface area contributed by atoms with E-state index in [1.54, 1.807) is 18.2 Å².